The third-order valence-corrected chi connectivity index (χ3v) is 11.2. The molecule has 0 aromatic carbocycles. The molecule has 0 rings (SSSR count). The minimum absolute atomic E-state index is 0.0178. The normalized spacial score (nSPS) is 13.0. The second-order valence-electron chi connectivity index (χ2n) is 16.8. The first-order valence-corrected chi connectivity index (χ1v) is 24.7. The lowest BCUT2D eigenvalue weighted by molar-refractivity contribution is -0.143. The standard InChI is InChI=1S/C51H95NO5/c1-3-5-7-9-11-13-14-15-18-22-25-29-33-37-41-45-51(56)57-46-42-38-34-30-26-23-20-17-16-19-21-24-28-32-36-40-44-50(55)52-48(47-53)49(54)43-39-35-31-27-12-10-8-6-4-2/h11,13,15-16,18-19,48-49,53-54H,3-10,12,14,17,20-47H2,1-2H3,(H,52,55)/b13-11-,18-15-,19-16-. The summed E-state index contributed by atoms with van der Waals surface area (Å²) >= 11 is 0. The fourth-order valence-electron chi connectivity index (χ4n) is 7.31. The highest BCUT2D eigenvalue weighted by Gasteiger charge is 2.20. The summed E-state index contributed by atoms with van der Waals surface area (Å²) in [5, 5.41) is 23.0. The highest BCUT2D eigenvalue weighted by atomic mass is 16.5. The van der Waals surface area contributed by atoms with Crippen LogP contribution in [-0.2, 0) is 14.3 Å². The monoisotopic (exact) mass is 802 g/mol. The van der Waals surface area contributed by atoms with Gasteiger partial charge in [0.2, 0.25) is 5.91 Å². The van der Waals surface area contributed by atoms with E-state index in [1.807, 2.05) is 0 Å². The lowest BCUT2D eigenvalue weighted by Gasteiger charge is -2.22. The number of hydrogen-bond donors (Lipinski definition) is 3. The van der Waals surface area contributed by atoms with Gasteiger partial charge in [-0.3, -0.25) is 9.59 Å². The molecule has 0 spiro atoms. The molecular weight excluding hydrogens is 707 g/mol. The number of carbonyl (C=O) groups is 2. The molecule has 3 N–H and O–H groups in total. The lowest BCUT2D eigenvalue weighted by Crippen LogP contribution is -2.45. The SMILES string of the molecule is CCCCC/C=C\C/C=C\CCCCCCCC(=O)OCCCCCCCCC/C=C\CCCCCCCC(=O)NC(CO)C(O)CCCCCCCCCCC. The summed E-state index contributed by atoms with van der Waals surface area (Å²) in [7, 11) is 0. The molecule has 0 aromatic rings. The second-order valence-corrected chi connectivity index (χ2v) is 16.8. The maximum atomic E-state index is 12.4. The fourth-order valence-corrected chi connectivity index (χ4v) is 7.31. The molecule has 2 atom stereocenters. The van der Waals surface area contributed by atoms with Gasteiger partial charge in [-0.2, -0.15) is 0 Å². The van der Waals surface area contributed by atoms with Crippen molar-refractivity contribution in [2.75, 3.05) is 13.2 Å². The molecule has 334 valence electrons. The first kappa shape index (κ1) is 55.1. The third kappa shape index (κ3) is 43.5. The van der Waals surface area contributed by atoms with Crippen LogP contribution in [0.15, 0.2) is 36.5 Å². The average molecular weight is 802 g/mol. The molecule has 6 heteroatoms. The van der Waals surface area contributed by atoms with Crippen LogP contribution in [0.1, 0.15) is 251 Å². The second kappa shape index (κ2) is 46.8. The van der Waals surface area contributed by atoms with Gasteiger partial charge in [-0.25, -0.2) is 0 Å². The third-order valence-electron chi connectivity index (χ3n) is 11.2. The van der Waals surface area contributed by atoms with Crippen LogP contribution in [0, 0.1) is 0 Å². The zero-order valence-corrected chi connectivity index (χ0v) is 37.8. The van der Waals surface area contributed by atoms with Gasteiger partial charge >= 0.3 is 5.97 Å². The number of aliphatic hydroxyl groups excluding tert-OH is 2. The van der Waals surface area contributed by atoms with Gasteiger partial charge in [0.25, 0.3) is 0 Å². The number of hydrogen-bond acceptors (Lipinski definition) is 5. The Kier molecular flexibility index (Phi) is 45.2. The van der Waals surface area contributed by atoms with Crippen molar-refractivity contribution in [1.29, 1.82) is 0 Å². The lowest BCUT2D eigenvalue weighted by atomic mass is 10.0. The van der Waals surface area contributed by atoms with E-state index in [-0.39, 0.29) is 18.5 Å². The number of carbonyl (C=O) groups excluding carboxylic acids is 2. The quantitative estimate of drug-likeness (QED) is 0.0324. The van der Waals surface area contributed by atoms with Crippen LogP contribution in [0.25, 0.3) is 0 Å². The Hall–Kier alpha value is -1.92. The van der Waals surface area contributed by atoms with Crippen LogP contribution >= 0.6 is 0 Å². The molecule has 6 nitrogen and oxygen atoms in total. The smallest absolute Gasteiger partial charge is 0.305 e. The molecule has 2 unspecified atom stereocenters. The molecule has 0 aliphatic carbocycles. The van der Waals surface area contributed by atoms with Gasteiger partial charge in [-0.1, -0.05) is 192 Å². The van der Waals surface area contributed by atoms with Crippen LogP contribution in [0.2, 0.25) is 0 Å². The molecule has 0 aliphatic heterocycles. The molecule has 0 bridgehead atoms. The van der Waals surface area contributed by atoms with Crippen molar-refractivity contribution < 1.29 is 24.5 Å². The highest BCUT2D eigenvalue weighted by molar-refractivity contribution is 5.76. The molecular formula is C51H95NO5. The fraction of sp³-hybridized carbons (Fsp3) is 0.843. The maximum Gasteiger partial charge on any atom is 0.305 e. The summed E-state index contributed by atoms with van der Waals surface area (Å²) in [4.78, 5) is 24.4. The largest absolute Gasteiger partial charge is 0.466 e. The van der Waals surface area contributed by atoms with E-state index in [1.54, 1.807) is 0 Å². The number of rotatable bonds is 45. The Morgan fingerprint density at radius 1 is 0.491 bits per heavy atom. The van der Waals surface area contributed by atoms with E-state index in [9.17, 15) is 19.8 Å². The number of aliphatic hydroxyl groups is 2. The molecule has 0 radical (unpaired) electrons. The molecule has 0 saturated heterocycles. The van der Waals surface area contributed by atoms with Crippen molar-refractivity contribution in [3.63, 3.8) is 0 Å². The van der Waals surface area contributed by atoms with Crippen molar-refractivity contribution >= 4 is 11.9 Å². The summed E-state index contributed by atoms with van der Waals surface area (Å²) in [5.74, 6) is -0.0741. The molecule has 57 heavy (non-hydrogen) atoms. The maximum absolute atomic E-state index is 12.4. The summed E-state index contributed by atoms with van der Waals surface area (Å²) in [5.41, 5.74) is 0. The Labute approximate surface area is 353 Å². The van der Waals surface area contributed by atoms with Crippen LogP contribution in [0.3, 0.4) is 0 Å². The number of allylic oxidation sites excluding steroid dienone is 6. The van der Waals surface area contributed by atoms with Crippen molar-refractivity contribution in [3.05, 3.63) is 36.5 Å². The van der Waals surface area contributed by atoms with E-state index in [2.05, 4.69) is 55.6 Å². The average Bonchev–Trinajstić information content (AvgIpc) is 3.21. The Bertz CT molecular complexity index is 931. The van der Waals surface area contributed by atoms with Crippen molar-refractivity contribution in [3.8, 4) is 0 Å². The van der Waals surface area contributed by atoms with Crippen molar-refractivity contribution in [2.45, 2.75) is 264 Å². The summed E-state index contributed by atoms with van der Waals surface area (Å²) in [6.07, 6.45) is 55.4. The predicted octanol–water partition coefficient (Wildman–Crippen LogP) is 14.5. The molecule has 0 fully saturated rings. The molecule has 0 heterocycles. The van der Waals surface area contributed by atoms with E-state index in [0.29, 0.717) is 25.9 Å². The van der Waals surface area contributed by atoms with Gasteiger partial charge in [0, 0.05) is 12.8 Å². The van der Waals surface area contributed by atoms with E-state index in [4.69, 9.17) is 4.74 Å². The van der Waals surface area contributed by atoms with Gasteiger partial charge in [-0.15, -0.1) is 0 Å². The Balaban J connectivity index is 3.46. The summed E-state index contributed by atoms with van der Waals surface area (Å²) in [6, 6.07) is -0.552. The number of unbranched alkanes of at least 4 members (excludes halogenated alkanes) is 28. The van der Waals surface area contributed by atoms with Gasteiger partial charge in [0.05, 0.1) is 25.4 Å². The van der Waals surface area contributed by atoms with Crippen LogP contribution in [-0.4, -0.2) is 47.4 Å². The van der Waals surface area contributed by atoms with Gasteiger partial charge in [0.1, 0.15) is 0 Å². The van der Waals surface area contributed by atoms with Crippen molar-refractivity contribution in [1.82, 2.24) is 5.32 Å². The van der Waals surface area contributed by atoms with E-state index in [0.717, 1.165) is 70.6 Å². The van der Waals surface area contributed by atoms with Crippen LogP contribution < -0.4 is 5.32 Å². The van der Waals surface area contributed by atoms with E-state index < -0.39 is 12.1 Å². The van der Waals surface area contributed by atoms with Gasteiger partial charge < -0.3 is 20.3 Å². The Morgan fingerprint density at radius 3 is 1.39 bits per heavy atom. The molecule has 0 aliphatic rings. The minimum atomic E-state index is -0.673. The number of nitrogens with one attached hydrogen (secondary N) is 1. The van der Waals surface area contributed by atoms with Crippen molar-refractivity contribution in [2.24, 2.45) is 0 Å². The van der Waals surface area contributed by atoms with Gasteiger partial charge in [-0.05, 0) is 83.5 Å². The molecule has 1 amide bonds. The highest BCUT2D eigenvalue weighted by Crippen LogP contribution is 2.15. The number of esters is 1. The Morgan fingerprint density at radius 2 is 0.877 bits per heavy atom. The number of ether oxygens (including phenoxy) is 1. The summed E-state index contributed by atoms with van der Waals surface area (Å²) < 4.78 is 5.45. The first-order chi connectivity index (χ1) is 28.0. The first-order valence-electron chi connectivity index (χ1n) is 24.7. The van der Waals surface area contributed by atoms with Crippen LogP contribution in [0.5, 0.6) is 0 Å². The van der Waals surface area contributed by atoms with Gasteiger partial charge in [0.15, 0.2) is 0 Å². The zero-order valence-electron chi connectivity index (χ0n) is 37.8. The molecule has 0 aromatic heterocycles. The predicted molar refractivity (Wildman–Crippen MR) is 246 cm³/mol. The number of amides is 1. The molecule has 0 saturated carbocycles. The summed E-state index contributed by atoms with van der Waals surface area (Å²) in [6.45, 7) is 4.86. The van der Waals surface area contributed by atoms with E-state index in [1.165, 1.54) is 148 Å². The zero-order chi connectivity index (χ0) is 41.5. The topological polar surface area (TPSA) is 95.9 Å². The minimum Gasteiger partial charge on any atom is -0.466 e. The van der Waals surface area contributed by atoms with E-state index >= 15 is 0 Å². The van der Waals surface area contributed by atoms with Crippen LogP contribution in [0.4, 0.5) is 0 Å².